The average Bonchev–Trinajstić information content (AvgIpc) is 2.32. The molecule has 0 radical (unpaired) electrons. The summed E-state index contributed by atoms with van der Waals surface area (Å²) in [6.07, 6.45) is 0. The summed E-state index contributed by atoms with van der Waals surface area (Å²) < 4.78 is 1.52. The topological polar surface area (TPSA) is 29.1 Å². The molecule has 0 unspecified atom stereocenters. The Morgan fingerprint density at radius 2 is 1.84 bits per heavy atom. The second kappa shape index (κ2) is 6.07. The highest BCUT2D eigenvalue weighted by Crippen LogP contribution is 2.27. The van der Waals surface area contributed by atoms with Crippen LogP contribution in [0, 0.1) is 6.92 Å². The van der Waals surface area contributed by atoms with Gasteiger partial charge in [-0.2, -0.15) is 0 Å². The molecule has 0 aliphatic rings. The number of hydrogen-bond donors (Lipinski definition) is 1. The monoisotopic (exact) mass is 401 g/mol. The number of halogens is 3. The van der Waals surface area contributed by atoms with E-state index < -0.39 is 0 Å². The quantitative estimate of drug-likeness (QED) is 0.712. The second-order valence-electron chi connectivity index (χ2n) is 4.06. The molecule has 0 spiro atoms. The summed E-state index contributed by atoms with van der Waals surface area (Å²) in [5.74, 6) is -0.171. The van der Waals surface area contributed by atoms with E-state index in [1.54, 1.807) is 24.3 Å². The van der Waals surface area contributed by atoms with E-state index >= 15 is 0 Å². The first-order valence-corrected chi connectivity index (χ1v) is 7.46. The van der Waals surface area contributed by atoms with E-state index in [9.17, 15) is 4.79 Å². The molecule has 0 fully saturated rings. The molecule has 5 heteroatoms. The molecule has 0 aliphatic heterocycles. The molecule has 2 rings (SSSR count). The van der Waals surface area contributed by atoms with Gasteiger partial charge in [-0.15, -0.1) is 0 Å². The van der Waals surface area contributed by atoms with Gasteiger partial charge in [0.2, 0.25) is 0 Å². The first-order chi connectivity index (χ1) is 8.97. The first-order valence-electron chi connectivity index (χ1n) is 5.50. The van der Waals surface area contributed by atoms with Crippen molar-refractivity contribution in [1.29, 1.82) is 0 Å². The van der Waals surface area contributed by atoms with E-state index in [-0.39, 0.29) is 5.91 Å². The van der Waals surface area contributed by atoms with Gasteiger partial charge in [0.15, 0.2) is 0 Å². The van der Waals surface area contributed by atoms with E-state index in [4.69, 9.17) is 11.6 Å². The predicted octanol–water partition coefficient (Wildman–Crippen LogP) is 5.43. The molecular formula is C14H10Br2ClNO. The third-order valence-electron chi connectivity index (χ3n) is 2.55. The molecule has 0 aromatic heterocycles. The van der Waals surface area contributed by atoms with Crippen LogP contribution in [0.3, 0.4) is 0 Å². The van der Waals surface area contributed by atoms with Crippen molar-refractivity contribution in [3.63, 3.8) is 0 Å². The summed E-state index contributed by atoms with van der Waals surface area (Å²) >= 11 is 12.6. The molecular weight excluding hydrogens is 393 g/mol. The number of rotatable bonds is 2. The van der Waals surface area contributed by atoms with Crippen molar-refractivity contribution in [2.24, 2.45) is 0 Å². The fourth-order valence-corrected chi connectivity index (χ4v) is 3.04. The largest absolute Gasteiger partial charge is 0.321 e. The zero-order valence-corrected chi connectivity index (χ0v) is 13.9. The number of nitrogens with one attached hydrogen (secondary N) is 1. The molecule has 0 bridgehead atoms. The Kier molecular flexibility index (Phi) is 4.66. The molecule has 0 saturated heterocycles. The number of amides is 1. The van der Waals surface area contributed by atoms with E-state index in [0.29, 0.717) is 16.3 Å². The smallest absolute Gasteiger partial charge is 0.256 e. The van der Waals surface area contributed by atoms with Gasteiger partial charge in [0.25, 0.3) is 5.91 Å². The van der Waals surface area contributed by atoms with Gasteiger partial charge < -0.3 is 5.32 Å². The van der Waals surface area contributed by atoms with Crippen LogP contribution in [0.2, 0.25) is 5.02 Å². The first kappa shape index (κ1) is 14.6. The van der Waals surface area contributed by atoms with Gasteiger partial charge in [0.05, 0.1) is 11.3 Å². The number of aryl methyl sites for hydroxylation is 1. The number of anilines is 1. The van der Waals surface area contributed by atoms with Crippen LogP contribution < -0.4 is 5.32 Å². The van der Waals surface area contributed by atoms with Gasteiger partial charge in [-0.25, -0.2) is 0 Å². The maximum Gasteiger partial charge on any atom is 0.256 e. The lowest BCUT2D eigenvalue weighted by molar-refractivity contribution is 0.102. The Balaban J connectivity index is 2.25. The van der Waals surface area contributed by atoms with Crippen LogP contribution in [0.5, 0.6) is 0 Å². The minimum absolute atomic E-state index is 0.171. The number of carbonyl (C=O) groups excluding carboxylic acids is 1. The van der Waals surface area contributed by atoms with Crippen LogP contribution in [0.1, 0.15) is 15.9 Å². The van der Waals surface area contributed by atoms with Crippen molar-refractivity contribution in [2.75, 3.05) is 5.32 Å². The van der Waals surface area contributed by atoms with E-state index in [0.717, 1.165) is 14.5 Å². The Morgan fingerprint density at radius 1 is 1.11 bits per heavy atom. The number of benzene rings is 2. The van der Waals surface area contributed by atoms with E-state index in [1.807, 2.05) is 19.1 Å². The maximum atomic E-state index is 12.2. The highest BCUT2D eigenvalue weighted by molar-refractivity contribution is 9.11. The van der Waals surface area contributed by atoms with Gasteiger partial charge in [-0.05, 0) is 74.7 Å². The van der Waals surface area contributed by atoms with Crippen molar-refractivity contribution >= 4 is 55.1 Å². The fraction of sp³-hybridized carbons (Fsp3) is 0.0714. The molecule has 0 saturated carbocycles. The number of carbonyl (C=O) groups is 1. The number of hydrogen-bond acceptors (Lipinski definition) is 1. The molecule has 2 aromatic carbocycles. The lowest BCUT2D eigenvalue weighted by Gasteiger charge is -2.09. The summed E-state index contributed by atoms with van der Waals surface area (Å²) in [5, 5.41) is 3.45. The van der Waals surface area contributed by atoms with E-state index in [2.05, 4.69) is 37.2 Å². The molecule has 0 atom stereocenters. The average molecular weight is 404 g/mol. The highest BCUT2D eigenvalue weighted by Gasteiger charge is 2.11. The minimum atomic E-state index is -0.171. The van der Waals surface area contributed by atoms with Crippen LogP contribution in [0.4, 0.5) is 5.69 Å². The predicted molar refractivity (Wildman–Crippen MR) is 86.0 cm³/mol. The van der Waals surface area contributed by atoms with Gasteiger partial charge >= 0.3 is 0 Å². The van der Waals surface area contributed by atoms with Gasteiger partial charge in [0, 0.05) is 14.0 Å². The minimum Gasteiger partial charge on any atom is -0.321 e. The summed E-state index contributed by atoms with van der Waals surface area (Å²) in [4.78, 5) is 12.2. The molecule has 1 amide bonds. The summed E-state index contributed by atoms with van der Waals surface area (Å²) in [6, 6.07) is 10.8. The molecule has 98 valence electrons. The summed E-state index contributed by atoms with van der Waals surface area (Å²) in [5.41, 5.74) is 2.37. The van der Waals surface area contributed by atoms with Crippen molar-refractivity contribution in [1.82, 2.24) is 0 Å². The Labute approximate surface area is 133 Å². The van der Waals surface area contributed by atoms with Crippen molar-refractivity contribution in [3.05, 3.63) is 61.5 Å². The lowest BCUT2D eigenvalue weighted by Crippen LogP contribution is -2.13. The lowest BCUT2D eigenvalue weighted by atomic mass is 10.1. The van der Waals surface area contributed by atoms with Crippen LogP contribution in [-0.4, -0.2) is 5.91 Å². The summed E-state index contributed by atoms with van der Waals surface area (Å²) in [7, 11) is 0. The second-order valence-corrected chi connectivity index (χ2v) is 6.21. The zero-order valence-electron chi connectivity index (χ0n) is 10.0. The molecule has 2 nitrogen and oxygen atoms in total. The van der Waals surface area contributed by atoms with Gasteiger partial charge in [-0.3, -0.25) is 4.79 Å². The third kappa shape index (κ3) is 3.59. The summed E-state index contributed by atoms with van der Waals surface area (Å²) in [6.45, 7) is 1.97. The molecule has 0 heterocycles. The SMILES string of the molecule is Cc1ccc(C(=O)Nc2ccc(Cl)cc2Br)c(Br)c1. The fourth-order valence-electron chi connectivity index (χ4n) is 1.58. The Morgan fingerprint density at radius 3 is 2.47 bits per heavy atom. The van der Waals surface area contributed by atoms with Crippen molar-refractivity contribution < 1.29 is 4.79 Å². The Bertz CT molecular complexity index is 643. The highest BCUT2D eigenvalue weighted by atomic mass is 79.9. The van der Waals surface area contributed by atoms with Crippen LogP contribution >= 0.6 is 43.5 Å². The molecule has 0 aliphatic carbocycles. The molecule has 1 N–H and O–H groups in total. The normalized spacial score (nSPS) is 10.3. The molecule has 19 heavy (non-hydrogen) atoms. The van der Waals surface area contributed by atoms with Gasteiger partial charge in [0.1, 0.15) is 0 Å². The maximum absolute atomic E-state index is 12.2. The van der Waals surface area contributed by atoms with Crippen LogP contribution in [-0.2, 0) is 0 Å². The van der Waals surface area contributed by atoms with E-state index in [1.165, 1.54) is 0 Å². The zero-order chi connectivity index (χ0) is 14.0. The molecule has 2 aromatic rings. The standard InChI is InChI=1S/C14H10Br2ClNO/c1-8-2-4-10(11(15)6-8)14(19)18-13-5-3-9(17)7-12(13)16/h2-7H,1H3,(H,18,19). The van der Waals surface area contributed by atoms with Crippen LogP contribution in [0.15, 0.2) is 45.3 Å². The van der Waals surface area contributed by atoms with Crippen molar-refractivity contribution in [3.8, 4) is 0 Å². The van der Waals surface area contributed by atoms with Gasteiger partial charge in [-0.1, -0.05) is 17.7 Å². The third-order valence-corrected chi connectivity index (χ3v) is 4.10. The Hall–Kier alpha value is -0.840. The van der Waals surface area contributed by atoms with Crippen LogP contribution in [0.25, 0.3) is 0 Å². The van der Waals surface area contributed by atoms with Crippen molar-refractivity contribution in [2.45, 2.75) is 6.92 Å².